The fourth-order valence-corrected chi connectivity index (χ4v) is 5.94. The molecule has 2 fully saturated rings. The van der Waals surface area contributed by atoms with Gasteiger partial charge < -0.3 is 19.9 Å². The Morgan fingerprint density at radius 3 is 2.50 bits per heavy atom. The van der Waals surface area contributed by atoms with Gasteiger partial charge in [-0.3, -0.25) is 4.98 Å². The van der Waals surface area contributed by atoms with Gasteiger partial charge in [0.1, 0.15) is 5.75 Å². The Morgan fingerprint density at radius 1 is 1.03 bits per heavy atom. The third kappa shape index (κ3) is 3.56. The largest absolute Gasteiger partial charge is 0.506 e. The smallest absolute Gasteiger partial charge is 0.174 e. The Bertz CT molecular complexity index is 1120. The molecule has 1 aromatic carbocycles. The molecular weight excluding hydrogens is 416 g/mol. The topological polar surface area (TPSA) is 53.3 Å². The van der Waals surface area contributed by atoms with Crippen LogP contribution in [0, 0.1) is 13.8 Å². The van der Waals surface area contributed by atoms with Gasteiger partial charge in [0.15, 0.2) is 5.11 Å². The van der Waals surface area contributed by atoms with E-state index in [0.717, 1.165) is 11.4 Å². The first-order chi connectivity index (χ1) is 15.6. The van der Waals surface area contributed by atoms with Crippen molar-refractivity contribution in [2.75, 3.05) is 4.90 Å². The van der Waals surface area contributed by atoms with Crippen LogP contribution < -0.4 is 10.2 Å². The maximum absolute atomic E-state index is 10.7. The predicted octanol–water partition coefficient (Wildman–Crippen LogP) is 5.89. The van der Waals surface area contributed by atoms with Crippen LogP contribution in [0.1, 0.15) is 72.9 Å². The third-order valence-electron chi connectivity index (χ3n) is 7.02. The molecule has 2 N–H and O–H groups in total. The lowest BCUT2D eigenvalue weighted by Gasteiger charge is -2.30. The summed E-state index contributed by atoms with van der Waals surface area (Å²) in [5.41, 5.74) is 5.47. The molecule has 1 aliphatic heterocycles. The number of thiocarbonyl (C=S) groups is 1. The van der Waals surface area contributed by atoms with Gasteiger partial charge >= 0.3 is 0 Å². The first kappa shape index (κ1) is 21.0. The molecule has 5 rings (SSSR count). The van der Waals surface area contributed by atoms with E-state index < -0.39 is 0 Å². The highest BCUT2D eigenvalue weighted by molar-refractivity contribution is 7.80. The minimum Gasteiger partial charge on any atom is -0.506 e. The average Bonchev–Trinajstić information content (AvgIpc) is 3.30. The van der Waals surface area contributed by atoms with Gasteiger partial charge in [0, 0.05) is 23.6 Å². The van der Waals surface area contributed by atoms with Crippen molar-refractivity contribution in [3.05, 3.63) is 77.4 Å². The first-order valence-electron chi connectivity index (χ1n) is 11.5. The van der Waals surface area contributed by atoms with E-state index in [4.69, 9.17) is 12.2 Å². The molecule has 3 aromatic rings. The Morgan fingerprint density at radius 2 is 1.78 bits per heavy atom. The lowest BCUT2D eigenvalue weighted by atomic mass is 9.94. The quantitative estimate of drug-likeness (QED) is 0.490. The van der Waals surface area contributed by atoms with E-state index in [0.29, 0.717) is 11.2 Å². The molecule has 1 saturated carbocycles. The van der Waals surface area contributed by atoms with Gasteiger partial charge in [-0.1, -0.05) is 37.5 Å². The molecule has 3 heterocycles. The molecule has 1 saturated heterocycles. The van der Waals surface area contributed by atoms with Crippen molar-refractivity contribution in [1.29, 1.82) is 0 Å². The fraction of sp³-hybridized carbons (Fsp3) is 0.385. The van der Waals surface area contributed by atoms with Crippen molar-refractivity contribution in [2.45, 2.75) is 64.1 Å². The normalized spacial score (nSPS) is 21.7. The predicted molar refractivity (Wildman–Crippen MR) is 132 cm³/mol. The van der Waals surface area contributed by atoms with E-state index >= 15 is 0 Å². The van der Waals surface area contributed by atoms with Crippen LogP contribution in [-0.2, 0) is 0 Å². The molecule has 5 nitrogen and oxygen atoms in total. The molecule has 0 amide bonds. The summed E-state index contributed by atoms with van der Waals surface area (Å²) in [7, 11) is 0. The van der Waals surface area contributed by atoms with Gasteiger partial charge in [0.2, 0.25) is 0 Å². The molecule has 0 unspecified atom stereocenters. The molecule has 0 bridgehead atoms. The SMILES string of the molecule is Cc1cc([C@H]2[C@H](c3ccccn3)NC(=S)N2c2ccccc2O)c(C)n1C1CCCCC1. The summed E-state index contributed by atoms with van der Waals surface area (Å²) < 4.78 is 2.54. The van der Waals surface area contributed by atoms with E-state index in [1.807, 2.05) is 42.6 Å². The van der Waals surface area contributed by atoms with Crippen molar-refractivity contribution in [1.82, 2.24) is 14.9 Å². The number of nitrogens with zero attached hydrogens (tertiary/aromatic N) is 3. The van der Waals surface area contributed by atoms with E-state index in [2.05, 4.69) is 39.7 Å². The maximum atomic E-state index is 10.7. The van der Waals surface area contributed by atoms with Crippen LogP contribution in [0.2, 0.25) is 0 Å². The Kier molecular flexibility index (Phi) is 5.64. The van der Waals surface area contributed by atoms with Crippen molar-refractivity contribution in [2.24, 2.45) is 0 Å². The van der Waals surface area contributed by atoms with Crippen molar-refractivity contribution in [3.8, 4) is 5.75 Å². The summed E-state index contributed by atoms with van der Waals surface area (Å²) in [6, 6.07) is 16.1. The van der Waals surface area contributed by atoms with Gasteiger partial charge in [0.25, 0.3) is 0 Å². The number of anilines is 1. The molecule has 0 spiro atoms. The van der Waals surface area contributed by atoms with Crippen LogP contribution in [0.15, 0.2) is 54.7 Å². The van der Waals surface area contributed by atoms with Gasteiger partial charge in [-0.15, -0.1) is 0 Å². The minimum absolute atomic E-state index is 0.103. The zero-order valence-corrected chi connectivity index (χ0v) is 19.5. The fourth-order valence-electron chi connectivity index (χ4n) is 5.60. The standard InChI is InChI=1S/C26H30N4OS/c1-17-16-20(18(2)29(17)19-10-4-3-5-11-19)25-24(21-12-8-9-15-27-21)28-26(32)30(25)22-13-6-7-14-23(22)31/h6-9,12-16,19,24-25,31H,3-5,10-11H2,1-2H3,(H,28,32)/t24-,25-/m0/s1. The van der Waals surface area contributed by atoms with Crippen LogP contribution in [0.5, 0.6) is 5.75 Å². The van der Waals surface area contributed by atoms with Gasteiger partial charge in [-0.2, -0.15) is 0 Å². The van der Waals surface area contributed by atoms with E-state index in [9.17, 15) is 5.11 Å². The van der Waals surface area contributed by atoms with E-state index in [1.54, 1.807) is 6.07 Å². The number of nitrogens with one attached hydrogen (secondary N) is 1. The van der Waals surface area contributed by atoms with Crippen LogP contribution in [0.25, 0.3) is 0 Å². The van der Waals surface area contributed by atoms with Crippen molar-refractivity contribution in [3.63, 3.8) is 0 Å². The second-order valence-electron chi connectivity index (χ2n) is 8.97. The number of pyridine rings is 1. The highest BCUT2D eigenvalue weighted by atomic mass is 32.1. The van der Waals surface area contributed by atoms with Gasteiger partial charge in [-0.25, -0.2) is 0 Å². The number of hydrogen-bond donors (Lipinski definition) is 2. The summed E-state index contributed by atoms with van der Waals surface area (Å²) >= 11 is 5.81. The third-order valence-corrected chi connectivity index (χ3v) is 7.34. The number of hydrogen-bond acceptors (Lipinski definition) is 3. The zero-order chi connectivity index (χ0) is 22.2. The number of phenols is 1. The second-order valence-corrected chi connectivity index (χ2v) is 9.36. The van der Waals surface area contributed by atoms with Crippen molar-refractivity contribution < 1.29 is 5.11 Å². The molecule has 2 aliphatic rings. The Labute approximate surface area is 195 Å². The summed E-state index contributed by atoms with van der Waals surface area (Å²) in [5.74, 6) is 0.226. The summed E-state index contributed by atoms with van der Waals surface area (Å²) in [5, 5.41) is 14.8. The van der Waals surface area contributed by atoms with E-state index in [-0.39, 0.29) is 17.8 Å². The molecule has 2 aromatic heterocycles. The number of phenolic OH excluding ortho intramolecular Hbond substituents is 1. The molecule has 0 radical (unpaired) electrons. The molecule has 6 heteroatoms. The lowest BCUT2D eigenvalue weighted by molar-refractivity contribution is 0.345. The highest BCUT2D eigenvalue weighted by Gasteiger charge is 2.43. The van der Waals surface area contributed by atoms with E-state index in [1.165, 1.54) is 49.1 Å². The number of aromatic nitrogens is 2. The molecule has 166 valence electrons. The number of aromatic hydroxyl groups is 1. The molecular formula is C26H30N4OS. The summed E-state index contributed by atoms with van der Waals surface area (Å²) in [6.07, 6.45) is 8.24. The number of aryl methyl sites for hydroxylation is 1. The zero-order valence-electron chi connectivity index (χ0n) is 18.7. The van der Waals surface area contributed by atoms with Gasteiger partial charge in [-0.05, 0) is 74.8 Å². The van der Waals surface area contributed by atoms with Gasteiger partial charge in [0.05, 0.1) is 23.5 Å². The number of para-hydroxylation sites is 2. The van der Waals surface area contributed by atoms with Crippen LogP contribution in [-0.4, -0.2) is 19.8 Å². The first-order valence-corrected chi connectivity index (χ1v) is 11.9. The summed E-state index contributed by atoms with van der Waals surface area (Å²) in [4.78, 5) is 6.72. The van der Waals surface area contributed by atoms with Crippen molar-refractivity contribution >= 4 is 23.0 Å². The highest BCUT2D eigenvalue weighted by Crippen LogP contribution is 2.46. The van der Waals surface area contributed by atoms with Crippen LogP contribution in [0.3, 0.4) is 0 Å². The number of rotatable bonds is 4. The summed E-state index contributed by atoms with van der Waals surface area (Å²) in [6.45, 7) is 4.45. The lowest BCUT2D eigenvalue weighted by Crippen LogP contribution is -2.29. The monoisotopic (exact) mass is 446 g/mol. The second kappa shape index (κ2) is 8.58. The Balaban J connectivity index is 1.65. The van der Waals surface area contributed by atoms with Crippen LogP contribution >= 0.6 is 12.2 Å². The Hall–Kier alpha value is -2.86. The van der Waals surface area contributed by atoms with Crippen LogP contribution in [0.4, 0.5) is 5.69 Å². The number of benzene rings is 1. The molecule has 2 atom stereocenters. The molecule has 1 aliphatic carbocycles. The minimum atomic E-state index is -0.108. The molecule has 32 heavy (non-hydrogen) atoms. The maximum Gasteiger partial charge on any atom is 0.174 e. The average molecular weight is 447 g/mol.